The van der Waals surface area contributed by atoms with Crippen LogP contribution in [0.25, 0.3) is 0 Å². The Hall–Kier alpha value is -3.42. The van der Waals surface area contributed by atoms with E-state index in [1.165, 1.54) is 11.1 Å². The maximum Gasteiger partial charge on any atom is 0.233 e. The van der Waals surface area contributed by atoms with Gasteiger partial charge in [0.05, 0.1) is 18.0 Å². The van der Waals surface area contributed by atoms with Gasteiger partial charge in [0, 0.05) is 19.0 Å². The summed E-state index contributed by atoms with van der Waals surface area (Å²) in [5, 5.41) is 16.2. The Bertz CT molecular complexity index is 975. The normalized spacial score (nSPS) is 12.6. The van der Waals surface area contributed by atoms with Crippen LogP contribution < -0.4 is 10.6 Å². The molecule has 1 amide bonds. The van der Waals surface area contributed by atoms with Crippen LogP contribution in [0.5, 0.6) is 0 Å². The maximum atomic E-state index is 12.4. The molecular formula is C29H33N3O. The van der Waals surface area contributed by atoms with Crippen molar-refractivity contribution in [3.63, 3.8) is 0 Å². The third-order valence-electron chi connectivity index (χ3n) is 6.28. The number of benzene rings is 3. The monoisotopic (exact) mass is 439 g/mol. The van der Waals surface area contributed by atoms with Gasteiger partial charge in [-0.05, 0) is 36.0 Å². The van der Waals surface area contributed by atoms with Crippen molar-refractivity contribution in [2.75, 3.05) is 19.6 Å². The molecule has 0 aliphatic heterocycles. The zero-order chi connectivity index (χ0) is 23.4. The summed E-state index contributed by atoms with van der Waals surface area (Å²) in [7, 11) is 0. The topological polar surface area (TPSA) is 64.9 Å². The second-order valence-electron chi connectivity index (χ2n) is 8.37. The average Bonchev–Trinajstić information content (AvgIpc) is 2.88. The molecule has 0 aliphatic rings. The number of nitrogens with one attached hydrogen (secondary N) is 2. The van der Waals surface area contributed by atoms with E-state index in [1.54, 1.807) is 0 Å². The van der Waals surface area contributed by atoms with Crippen molar-refractivity contribution in [2.24, 2.45) is 0 Å². The van der Waals surface area contributed by atoms with Crippen LogP contribution in [0.3, 0.4) is 0 Å². The molecule has 170 valence electrons. The van der Waals surface area contributed by atoms with Crippen LogP contribution in [-0.4, -0.2) is 25.5 Å². The van der Waals surface area contributed by atoms with Gasteiger partial charge >= 0.3 is 0 Å². The van der Waals surface area contributed by atoms with Crippen LogP contribution in [0.2, 0.25) is 0 Å². The summed E-state index contributed by atoms with van der Waals surface area (Å²) in [6.45, 7) is 3.57. The third-order valence-corrected chi connectivity index (χ3v) is 6.28. The van der Waals surface area contributed by atoms with Crippen molar-refractivity contribution in [1.29, 1.82) is 5.26 Å². The summed E-state index contributed by atoms with van der Waals surface area (Å²) >= 11 is 0. The minimum absolute atomic E-state index is 0.0198. The van der Waals surface area contributed by atoms with Crippen molar-refractivity contribution < 1.29 is 4.79 Å². The minimum Gasteiger partial charge on any atom is -0.355 e. The highest BCUT2D eigenvalue weighted by Gasteiger charge is 2.29. The molecule has 0 heterocycles. The quantitative estimate of drug-likeness (QED) is 0.382. The fraction of sp³-hybridized carbons (Fsp3) is 0.310. The highest BCUT2D eigenvalue weighted by Crippen LogP contribution is 2.32. The predicted octanol–water partition coefficient (Wildman–Crippen LogP) is 5.18. The van der Waals surface area contributed by atoms with Crippen molar-refractivity contribution in [2.45, 2.75) is 37.5 Å². The Morgan fingerprint density at radius 3 is 1.97 bits per heavy atom. The maximum absolute atomic E-state index is 12.4. The van der Waals surface area contributed by atoms with E-state index in [9.17, 15) is 10.1 Å². The Balaban J connectivity index is 1.46. The van der Waals surface area contributed by atoms with Crippen molar-refractivity contribution in [3.05, 3.63) is 108 Å². The van der Waals surface area contributed by atoms with Gasteiger partial charge in [-0.15, -0.1) is 0 Å². The first-order valence-electron chi connectivity index (χ1n) is 11.7. The fourth-order valence-electron chi connectivity index (χ4n) is 4.29. The molecule has 0 fully saturated rings. The van der Waals surface area contributed by atoms with Crippen molar-refractivity contribution in [3.8, 4) is 6.07 Å². The molecular weight excluding hydrogens is 406 g/mol. The predicted molar refractivity (Wildman–Crippen MR) is 134 cm³/mol. The van der Waals surface area contributed by atoms with E-state index in [0.29, 0.717) is 13.1 Å². The lowest BCUT2D eigenvalue weighted by Gasteiger charge is -2.25. The second-order valence-corrected chi connectivity index (χ2v) is 8.37. The van der Waals surface area contributed by atoms with Crippen molar-refractivity contribution >= 4 is 5.91 Å². The van der Waals surface area contributed by atoms with Crippen molar-refractivity contribution in [1.82, 2.24) is 10.6 Å². The molecule has 1 atom stereocenters. The van der Waals surface area contributed by atoms with Crippen LogP contribution in [0.1, 0.15) is 48.8 Å². The van der Waals surface area contributed by atoms with E-state index in [2.05, 4.69) is 47.9 Å². The van der Waals surface area contributed by atoms with Gasteiger partial charge in [-0.2, -0.15) is 5.26 Å². The zero-order valence-electron chi connectivity index (χ0n) is 19.3. The SMILES string of the molecule is CCC(C#N)(CCCNC(=O)CNCC(c1ccccc1)c1ccccc1)c1ccccc1. The molecule has 1 unspecified atom stereocenters. The van der Waals surface area contributed by atoms with Crippen LogP contribution in [0.4, 0.5) is 0 Å². The van der Waals surface area contributed by atoms with Gasteiger partial charge in [0.2, 0.25) is 5.91 Å². The van der Waals surface area contributed by atoms with Gasteiger partial charge in [0.15, 0.2) is 0 Å². The van der Waals surface area contributed by atoms with Gasteiger partial charge < -0.3 is 10.6 Å². The molecule has 0 radical (unpaired) electrons. The Kier molecular flexibility index (Phi) is 9.23. The number of amides is 1. The first-order chi connectivity index (χ1) is 16.2. The van der Waals surface area contributed by atoms with Crippen LogP contribution >= 0.6 is 0 Å². The lowest BCUT2D eigenvalue weighted by molar-refractivity contribution is -0.120. The molecule has 0 saturated heterocycles. The van der Waals surface area contributed by atoms with Gasteiger partial charge in [0.1, 0.15) is 0 Å². The number of carbonyl (C=O) groups excluding carboxylic acids is 1. The zero-order valence-corrected chi connectivity index (χ0v) is 19.3. The Morgan fingerprint density at radius 2 is 1.45 bits per heavy atom. The summed E-state index contributed by atoms with van der Waals surface area (Å²) in [4.78, 5) is 12.4. The summed E-state index contributed by atoms with van der Waals surface area (Å²) in [5.74, 6) is 0.167. The molecule has 4 heteroatoms. The highest BCUT2D eigenvalue weighted by molar-refractivity contribution is 5.77. The molecule has 3 aromatic rings. The third kappa shape index (κ3) is 6.78. The largest absolute Gasteiger partial charge is 0.355 e. The number of rotatable bonds is 12. The molecule has 0 saturated carbocycles. The first-order valence-corrected chi connectivity index (χ1v) is 11.7. The summed E-state index contributed by atoms with van der Waals surface area (Å²) in [6.07, 6.45) is 2.24. The lowest BCUT2D eigenvalue weighted by Crippen LogP contribution is -2.36. The van der Waals surface area contributed by atoms with Crippen LogP contribution in [0, 0.1) is 11.3 Å². The minimum atomic E-state index is -0.497. The summed E-state index contributed by atoms with van der Waals surface area (Å²) in [6, 6.07) is 33.2. The van der Waals surface area contributed by atoms with Gasteiger partial charge in [-0.25, -0.2) is 0 Å². The smallest absolute Gasteiger partial charge is 0.233 e. The van der Waals surface area contributed by atoms with Crippen LogP contribution in [-0.2, 0) is 10.2 Å². The van der Waals surface area contributed by atoms with E-state index in [1.807, 2.05) is 66.7 Å². The number of nitriles is 1. The van der Waals surface area contributed by atoms with Crippen LogP contribution in [0.15, 0.2) is 91.0 Å². The van der Waals surface area contributed by atoms with Gasteiger partial charge in [-0.1, -0.05) is 97.9 Å². The molecule has 0 aliphatic carbocycles. The van der Waals surface area contributed by atoms with E-state index < -0.39 is 5.41 Å². The second kappa shape index (κ2) is 12.6. The summed E-state index contributed by atoms with van der Waals surface area (Å²) < 4.78 is 0. The number of carbonyl (C=O) groups is 1. The fourth-order valence-corrected chi connectivity index (χ4v) is 4.29. The Morgan fingerprint density at radius 1 is 0.909 bits per heavy atom. The standard InChI is InChI=1S/C29H33N3O/c1-2-29(23-30,26-17-10-5-11-18-26)19-12-20-32-28(33)22-31-21-27(24-13-6-3-7-14-24)25-15-8-4-9-16-25/h3-11,13-18,27,31H,2,12,19-22H2,1H3,(H,32,33). The van der Waals surface area contributed by atoms with E-state index in [-0.39, 0.29) is 18.4 Å². The molecule has 0 spiro atoms. The van der Waals surface area contributed by atoms with Gasteiger partial charge in [-0.3, -0.25) is 4.79 Å². The number of nitrogens with zero attached hydrogens (tertiary/aromatic N) is 1. The first kappa shape index (κ1) is 24.2. The lowest BCUT2D eigenvalue weighted by atomic mass is 9.76. The summed E-state index contributed by atoms with van der Waals surface area (Å²) in [5.41, 5.74) is 3.01. The molecule has 0 aromatic heterocycles. The van der Waals surface area contributed by atoms with Gasteiger partial charge in [0.25, 0.3) is 0 Å². The van der Waals surface area contributed by atoms with E-state index >= 15 is 0 Å². The number of hydrogen-bond donors (Lipinski definition) is 2. The molecule has 3 rings (SSSR count). The number of hydrogen-bond acceptors (Lipinski definition) is 3. The molecule has 0 bridgehead atoms. The molecule has 4 nitrogen and oxygen atoms in total. The highest BCUT2D eigenvalue weighted by atomic mass is 16.1. The molecule has 3 aromatic carbocycles. The Labute approximate surface area is 197 Å². The molecule has 33 heavy (non-hydrogen) atoms. The van der Waals surface area contributed by atoms with E-state index in [4.69, 9.17) is 0 Å². The molecule has 2 N–H and O–H groups in total. The average molecular weight is 440 g/mol. The van der Waals surface area contributed by atoms with E-state index in [0.717, 1.165) is 24.8 Å².